The summed E-state index contributed by atoms with van der Waals surface area (Å²) < 4.78 is 12.9. The summed E-state index contributed by atoms with van der Waals surface area (Å²) in [6.07, 6.45) is -0.687. The van der Waals surface area contributed by atoms with E-state index in [1.807, 2.05) is 60.7 Å². The Balaban J connectivity index is 1.76. The Hall–Kier alpha value is -3.79. The molecule has 0 aliphatic heterocycles. The lowest BCUT2D eigenvalue weighted by molar-refractivity contribution is -0.127. The van der Waals surface area contributed by atoms with Crippen LogP contribution in [0.3, 0.4) is 0 Å². The minimum atomic E-state index is -1.27. The Morgan fingerprint density at radius 2 is 1.56 bits per heavy atom. The highest BCUT2D eigenvalue weighted by molar-refractivity contribution is 5.89. The van der Waals surface area contributed by atoms with Crippen molar-refractivity contribution in [2.24, 2.45) is 0 Å². The summed E-state index contributed by atoms with van der Waals surface area (Å²) in [6.45, 7) is 9.37. The summed E-state index contributed by atoms with van der Waals surface area (Å²) >= 11 is 0. The molecule has 0 aliphatic carbocycles. The SMILES string of the molecule is CC(C)(C)OC(=O)NC(C)(C)C(=O)N[C@H](COCc1ccccc1)c1nnnn1Cc1ccccc1. The summed E-state index contributed by atoms with van der Waals surface area (Å²) in [5.41, 5.74) is 0.0495. The number of nitrogens with zero attached hydrogens (tertiary/aromatic N) is 4. The summed E-state index contributed by atoms with van der Waals surface area (Å²) in [7, 11) is 0. The van der Waals surface area contributed by atoms with Crippen molar-refractivity contribution >= 4 is 12.0 Å². The first-order chi connectivity index (χ1) is 17.0. The van der Waals surface area contributed by atoms with Crippen molar-refractivity contribution < 1.29 is 19.1 Å². The number of carbonyl (C=O) groups excluding carboxylic acids is 2. The van der Waals surface area contributed by atoms with Gasteiger partial charge in [-0.3, -0.25) is 4.79 Å². The van der Waals surface area contributed by atoms with E-state index in [-0.39, 0.29) is 6.61 Å². The maximum Gasteiger partial charge on any atom is 0.408 e. The zero-order chi connectivity index (χ0) is 26.2. The zero-order valence-corrected chi connectivity index (χ0v) is 21.4. The third-order valence-corrected chi connectivity index (χ3v) is 5.13. The Morgan fingerprint density at radius 3 is 2.17 bits per heavy atom. The van der Waals surface area contributed by atoms with Crippen molar-refractivity contribution in [1.82, 2.24) is 30.8 Å². The summed E-state index contributed by atoms with van der Waals surface area (Å²) in [6, 6.07) is 18.8. The first-order valence-electron chi connectivity index (χ1n) is 11.8. The van der Waals surface area contributed by atoms with Gasteiger partial charge in [-0.2, -0.15) is 0 Å². The fourth-order valence-corrected chi connectivity index (χ4v) is 3.33. The zero-order valence-electron chi connectivity index (χ0n) is 21.4. The van der Waals surface area contributed by atoms with Crippen molar-refractivity contribution in [1.29, 1.82) is 0 Å². The van der Waals surface area contributed by atoms with E-state index in [9.17, 15) is 9.59 Å². The fourth-order valence-electron chi connectivity index (χ4n) is 3.33. The van der Waals surface area contributed by atoms with Crippen molar-refractivity contribution in [3.63, 3.8) is 0 Å². The minimum Gasteiger partial charge on any atom is -0.444 e. The number of hydrogen-bond acceptors (Lipinski definition) is 7. The number of alkyl carbamates (subject to hydrolysis) is 1. The van der Waals surface area contributed by atoms with Gasteiger partial charge in [-0.15, -0.1) is 5.10 Å². The van der Waals surface area contributed by atoms with Crippen LogP contribution in [-0.4, -0.2) is 50.0 Å². The summed E-state index contributed by atoms with van der Waals surface area (Å²) in [4.78, 5) is 25.6. The highest BCUT2D eigenvalue weighted by Crippen LogP contribution is 2.16. The predicted molar refractivity (Wildman–Crippen MR) is 134 cm³/mol. The van der Waals surface area contributed by atoms with E-state index < -0.39 is 29.2 Å². The molecule has 0 unspecified atom stereocenters. The normalized spacial score (nSPS) is 12.6. The molecule has 10 nitrogen and oxygen atoms in total. The Morgan fingerprint density at radius 1 is 0.944 bits per heavy atom. The van der Waals surface area contributed by atoms with Crippen molar-refractivity contribution in [2.75, 3.05) is 6.61 Å². The van der Waals surface area contributed by atoms with Crippen molar-refractivity contribution in [3.8, 4) is 0 Å². The first kappa shape index (κ1) is 26.8. The molecule has 36 heavy (non-hydrogen) atoms. The average molecular weight is 495 g/mol. The van der Waals surface area contributed by atoms with E-state index in [0.29, 0.717) is 19.0 Å². The van der Waals surface area contributed by atoms with Crippen LogP contribution >= 0.6 is 0 Å². The molecule has 2 amide bonds. The van der Waals surface area contributed by atoms with Crippen LogP contribution in [-0.2, 0) is 27.4 Å². The van der Waals surface area contributed by atoms with Gasteiger partial charge in [-0.05, 0) is 56.2 Å². The lowest BCUT2D eigenvalue weighted by Crippen LogP contribution is -2.56. The van der Waals surface area contributed by atoms with E-state index in [1.54, 1.807) is 39.3 Å². The number of aromatic nitrogens is 4. The number of benzene rings is 2. The van der Waals surface area contributed by atoms with Gasteiger partial charge in [0.05, 0.1) is 19.8 Å². The van der Waals surface area contributed by atoms with Crippen LogP contribution in [0, 0.1) is 0 Å². The standard InChI is InChI=1S/C26H34N6O4/c1-25(2,3)36-24(34)28-26(4,5)23(33)27-21(18-35-17-20-14-10-7-11-15-20)22-29-30-31-32(22)16-19-12-8-6-9-13-19/h6-15,21H,16-18H2,1-5H3,(H,27,33)(H,28,34)/t21-/m1/s1. The topological polar surface area (TPSA) is 120 Å². The Labute approximate surface area is 211 Å². The molecule has 0 fully saturated rings. The highest BCUT2D eigenvalue weighted by Gasteiger charge is 2.34. The number of rotatable bonds is 10. The quantitative estimate of drug-likeness (QED) is 0.443. The molecule has 192 valence electrons. The van der Waals surface area contributed by atoms with Crippen molar-refractivity contribution in [3.05, 3.63) is 77.6 Å². The molecule has 0 bridgehead atoms. The molecule has 2 aromatic carbocycles. The lowest BCUT2D eigenvalue weighted by atomic mass is 10.0. The van der Waals surface area contributed by atoms with Crippen LogP contribution < -0.4 is 10.6 Å². The summed E-state index contributed by atoms with van der Waals surface area (Å²) in [5.74, 6) is 0.00395. The second kappa shape index (κ2) is 11.8. The van der Waals surface area contributed by atoms with Gasteiger partial charge in [-0.25, -0.2) is 9.48 Å². The first-order valence-corrected chi connectivity index (χ1v) is 11.8. The Bertz CT molecular complexity index is 1130. The van der Waals surface area contributed by atoms with Gasteiger partial charge in [0.15, 0.2) is 5.82 Å². The Kier molecular flexibility index (Phi) is 8.76. The maximum absolute atomic E-state index is 13.3. The van der Waals surface area contributed by atoms with Crippen LogP contribution in [0.5, 0.6) is 0 Å². The number of hydrogen-bond donors (Lipinski definition) is 2. The molecule has 1 atom stereocenters. The molecule has 3 aromatic rings. The average Bonchev–Trinajstić information content (AvgIpc) is 3.26. The van der Waals surface area contributed by atoms with Gasteiger partial charge in [-0.1, -0.05) is 60.7 Å². The van der Waals surface area contributed by atoms with Crippen LogP contribution in [0.25, 0.3) is 0 Å². The monoisotopic (exact) mass is 494 g/mol. The van der Waals surface area contributed by atoms with Crippen LogP contribution in [0.1, 0.15) is 57.6 Å². The van der Waals surface area contributed by atoms with Gasteiger partial charge >= 0.3 is 6.09 Å². The van der Waals surface area contributed by atoms with E-state index in [1.165, 1.54) is 0 Å². The van der Waals surface area contributed by atoms with Crippen molar-refractivity contribution in [2.45, 2.75) is 65.0 Å². The van der Waals surface area contributed by atoms with Gasteiger partial charge in [0.2, 0.25) is 5.91 Å². The molecule has 0 aliphatic rings. The van der Waals surface area contributed by atoms with Crippen LogP contribution in [0.2, 0.25) is 0 Å². The largest absolute Gasteiger partial charge is 0.444 e. The lowest BCUT2D eigenvalue weighted by Gasteiger charge is -2.29. The fraction of sp³-hybridized carbons (Fsp3) is 0.423. The predicted octanol–water partition coefficient (Wildman–Crippen LogP) is 3.40. The number of tetrazole rings is 1. The molecular weight excluding hydrogens is 460 g/mol. The van der Waals surface area contributed by atoms with E-state index in [0.717, 1.165) is 11.1 Å². The number of nitrogens with one attached hydrogen (secondary N) is 2. The highest BCUT2D eigenvalue weighted by atomic mass is 16.6. The van der Waals surface area contributed by atoms with Gasteiger partial charge < -0.3 is 20.1 Å². The number of carbonyl (C=O) groups is 2. The van der Waals surface area contributed by atoms with E-state index >= 15 is 0 Å². The van der Waals surface area contributed by atoms with Gasteiger partial charge in [0, 0.05) is 0 Å². The number of ether oxygens (including phenoxy) is 2. The van der Waals surface area contributed by atoms with Crippen LogP contribution in [0.4, 0.5) is 4.79 Å². The number of amides is 2. The molecule has 2 N–H and O–H groups in total. The van der Waals surface area contributed by atoms with Gasteiger partial charge in [0.1, 0.15) is 17.2 Å². The molecule has 0 spiro atoms. The van der Waals surface area contributed by atoms with E-state index in [4.69, 9.17) is 9.47 Å². The second-order valence-corrected chi connectivity index (χ2v) is 9.96. The maximum atomic E-state index is 13.3. The summed E-state index contributed by atoms with van der Waals surface area (Å²) in [5, 5.41) is 17.7. The molecular formula is C26H34N6O4. The smallest absolute Gasteiger partial charge is 0.408 e. The van der Waals surface area contributed by atoms with Gasteiger partial charge in [0.25, 0.3) is 0 Å². The molecule has 0 radical (unpaired) electrons. The molecule has 1 aromatic heterocycles. The molecule has 0 saturated carbocycles. The molecule has 10 heteroatoms. The second-order valence-electron chi connectivity index (χ2n) is 9.96. The van der Waals surface area contributed by atoms with E-state index in [2.05, 4.69) is 26.2 Å². The molecule has 0 saturated heterocycles. The minimum absolute atomic E-state index is 0.123. The molecule has 3 rings (SSSR count). The third-order valence-electron chi connectivity index (χ3n) is 5.13. The third kappa shape index (κ3) is 8.16. The molecule has 1 heterocycles. The van der Waals surface area contributed by atoms with Crippen LogP contribution in [0.15, 0.2) is 60.7 Å².